The van der Waals surface area contributed by atoms with Crippen LogP contribution in [-0.2, 0) is 0 Å². The average molecular weight is 276 g/mol. The lowest BCUT2D eigenvalue weighted by Gasteiger charge is -2.01. The number of pyridine rings is 2. The molecule has 0 radical (unpaired) electrons. The smallest absolute Gasteiger partial charge is 0.335 e. The van der Waals surface area contributed by atoms with E-state index in [2.05, 4.69) is 9.97 Å². The highest BCUT2D eigenvalue weighted by molar-refractivity contribution is 5.93. The van der Waals surface area contributed by atoms with Gasteiger partial charge in [0.2, 0.25) is 0 Å². The summed E-state index contributed by atoms with van der Waals surface area (Å²) in [6.07, 6.45) is 7.34. The molecule has 3 rings (SSSR count). The van der Waals surface area contributed by atoms with E-state index in [0.717, 1.165) is 22.2 Å². The fourth-order valence-corrected chi connectivity index (χ4v) is 2.02. The van der Waals surface area contributed by atoms with E-state index in [-0.39, 0.29) is 5.56 Å². The van der Waals surface area contributed by atoms with Crippen LogP contribution in [0.25, 0.3) is 23.1 Å². The Bertz CT molecular complexity index is 827. The van der Waals surface area contributed by atoms with Gasteiger partial charge < -0.3 is 5.11 Å². The summed E-state index contributed by atoms with van der Waals surface area (Å²) in [7, 11) is 0. The Balaban J connectivity index is 1.93. The van der Waals surface area contributed by atoms with Crippen LogP contribution in [0.3, 0.4) is 0 Å². The normalized spacial score (nSPS) is 11.0. The molecule has 0 bridgehead atoms. The van der Waals surface area contributed by atoms with Crippen LogP contribution < -0.4 is 0 Å². The third-order valence-corrected chi connectivity index (χ3v) is 3.09. The number of aromatic carboxylic acids is 1. The number of benzene rings is 1. The zero-order valence-electron chi connectivity index (χ0n) is 11.1. The standard InChI is InChI=1S/C17H12N2O2/c20-17(21)14-5-8-16-13(10-14)4-7-15(19-16)6-3-12-2-1-9-18-11-12/h1-11H,(H,20,21)/b6-3+. The van der Waals surface area contributed by atoms with Gasteiger partial charge in [0.15, 0.2) is 0 Å². The number of hydrogen-bond donors (Lipinski definition) is 1. The van der Waals surface area contributed by atoms with Crippen LogP contribution in [0.1, 0.15) is 21.6 Å². The van der Waals surface area contributed by atoms with Crippen LogP contribution >= 0.6 is 0 Å². The second kappa shape index (κ2) is 5.54. The average Bonchev–Trinajstić information content (AvgIpc) is 2.53. The Labute approximate surface area is 121 Å². The molecule has 0 amide bonds. The van der Waals surface area contributed by atoms with Crippen LogP contribution in [0.4, 0.5) is 0 Å². The van der Waals surface area contributed by atoms with Crippen molar-refractivity contribution >= 4 is 29.0 Å². The largest absolute Gasteiger partial charge is 0.478 e. The molecule has 0 atom stereocenters. The van der Waals surface area contributed by atoms with Crippen LogP contribution in [0, 0.1) is 0 Å². The summed E-state index contributed by atoms with van der Waals surface area (Å²) in [6, 6.07) is 12.5. The van der Waals surface area contributed by atoms with Crippen molar-refractivity contribution in [3.8, 4) is 0 Å². The zero-order chi connectivity index (χ0) is 14.7. The van der Waals surface area contributed by atoms with Gasteiger partial charge >= 0.3 is 5.97 Å². The van der Waals surface area contributed by atoms with E-state index in [0.29, 0.717) is 0 Å². The van der Waals surface area contributed by atoms with E-state index in [4.69, 9.17) is 5.11 Å². The lowest BCUT2D eigenvalue weighted by molar-refractivity contribution is 0.0697. The highest BCUT2D eigenvalue weighted by Crippen LogP contribution is 2.16. The van der Waals surface area contributed by atoms with E-state index < -0.39 is 5.97 Å². The molecular formula is C17H12N2O2. The second-order valence-electron chi connectivity index (χ2n) is 4.57. The fraction of sp³-hybridized carbons (Fsp3) is 0. The second-order valence-corrected chi connectivity index (χ2v) is 4.57. The summed E-state index contributed by atoms with van der Waals surface area (Å²) in [5.74, 6) is -0.933. The summed E-state index contributed by atoms with van der Waals surface area (Å²) in [4.78, 5) is 19.5. The third-order valence-electron chi connectivity index (χ3n) is 3.09. The number of hydrogen-bond acceptors (Lipinski definition) is 3. The number of aromatic nitrogens is 2. The van der Waals surface area contributed by atoms with Crippen molar-refractivity contribution < 1.29 is 9.90 Å². The van der Waals surface area contributed by atoms with E-state index in [1.54, 1.807) is 30.6 Å². The maximum Gasteiger partial charge on any atom is 0.335 e. The van der Waals surface area contributed by atoms with Crippen molar-refractivity contribution in [3.63, 3.8) is 0 Å². The molecule has 0 aliphatic rings. The molecule has 2 aromatic heterocycles. The molecule has 0 aliphatic heterocycles. The number of fused-ring (bicyclic) bond motifs is 1. The van der Waals surface area contributed by atoms with E-state index in [1.807, 2.05) is 36.4 Å². The Kier molecular flexibility index (Phi) is 3.43. The fourth-order valence-electron chi connectivity index (χ4n) is 2.02. The molecule has 0 saturated carbocycles. The SMILES string of the molecule is O=C(O)c1ccc2nc(/C=C/c3cccnc3)ccc2c1. The first-order valence-corrected chi connectivity index (χ1v) is 6.44. The molecule has 0 spiro atoms. The van der Waals surface area contributed by atoms with Crippen molar-refractivity contribution in [1.29, 1.82) is 0 Å². The third kappa shape index (κ3) is 2.95. The van der Waals surface area contributed by atoms with Gasteiger partial charge in [-0.2, -0.15) is 0 Å². The molecule has 1 N–H and O–H groups in total. The molecule has 4 nitrogen and oxygen atoms in total. The topological polar surface area (TPSA) is 63.1 Å². The lowest BCUT2D eigenvalue weighted by atomic mass is 10.1. The van der Waals surface area contributed by atoms with Gasteiger partial charge in [-0.15, -0.1) is 0 Å². The first kappa shape index (κ1) is 13.0. The monoisotopic (exact) mass is 276 g/mol. The van der Waals surface area contributed by atoms with E-state index >= 15 is 0 Å². The number of rotatable bonds is 3. The number of carboxylic acids is 1. The summed E-state index contributed by atoms with van der Waals surface area (Å²) in [6.45, 7) is 0. The van der Waals surface area contributed by atoms with Crippen molar-refractivity contribution in [1.82, 2.24) is 9.97 Å². The molecule has 0 fully saturated rings. The van der Waals surface area contributed by atoms with E-state index in [1.165, 1.54) is 0 Å². The van der Waals surface area contributed by atoms with Crippen LogP contribution in [-0.4, -0.2) is 21.0 Å². The molecule has 4 heteroatoms. The molecule has 0 saturated heterocycles. The van der Waals surface area contributed by atoms with Gasteiger partial charge in [0, 0.05) is 17.8 Å². The highest BCUT2D eigenvalue weighted by Gasteiger charge is 2.04. The van der Waals surface area contributed by atoms with Crippen molar-refractivity contribution in [2.75, 3.05) is 0 Å². The minimum atomic E-state index is -0.933. The maximum absolute atomic E-state index is 10.9. The molecule has 1 aromatic carbocycles. The van der Waals surface area contributed by atoms with Gasteiger partial charge in [0.25, 0.3) is 0 Å². The van der Waals surface area contributed by atoms with Gasteiger partial charge in [-0.05, 0) is 42.0 Å². The maximum atomic E-state index is 10.9. The first-order chi connectivity index (χ1) is 10.2. The van der Waals surface area contributed by atoms with E-state index in [9.17, 15) is 4.79 Å². The molecule has 2 heterocycles. The number of carbonyl (C=O) groups is 1. The minimum absolute atomic E-state index is 0.267. The summed E-state index contributed by atoms with van der Waals surface area (Å²) in [5.41, 5.74) is 2.85. The van der Waals surface area contributed by atoms with Crippen LogP contribution in [0.15, 0.2) is 54.9 Å². The van der Waals surface area contributed by atoms with Crippen molar-refractivity contribution in [2.24, 2.45) is 0 Å². The highest BCUT2D eigenvalue weighted by atomic mass is 16.4. The molecule has 3 aromatic rings. The first-order valence-electron chi connectivity index (χ1n) is 6.44. The van der Waals surface area contributed by atoms with Gasteiger partial charge in [-0.1, -0.05) is 18.2 Å². The van der Waals surface area contributed by atoms with Gasteiger partial charge in [0.05, 0.1) is 16.8 Å². The quantitative estimate of drug-likeness (QED) is 0.795. The Hall–Kier alpha value is -3.01. The Morgan fingerprint density at radius 3 is 2.76 bits per heavy atom. The molecule has 0 unspecified atom stereocenters. The molecular weight excluding hydrogens is 264 g/mol. The van der Waals surface area contributed by atoms with Crippen molar-refractivity contribution in [2.45, 2.75) is 0 Å². The molecule has 0 aliphatic carbocycles. The zero-order valence-corrected chi connectivity index (χ0v) is 11.1. The van der Waals surface area contributed by atoms with Crippen LogP contribution in [0.5, 0.6) is 0 Å². The van der Waals surface area contributed by atoms with Gasteiger partial charge in [-0.25, -0.2) is 9.78 Å². The van der Waals surface area contributed by atoms with Gasteiger partial charge in [0.1, 0.15) is 0 Å². The van der Waals surface area contributed by atoms with Gasteiger partial charge in [-0.3, -0.25) is 4.98 Å². The number of carboxylic acid groups (broad SMARTS) is 1. The lowest BCUT2D eigenvalue weighted by Crippen LogP contribution is -1.95. The van der Waals surface area contributed by atoms with Crippen LogP contribution in [0.2, 0.25) is 0 Å². The Morgan fingerprint density at radius 2 is 2.00 bits per heavy atom. The predicted molar refractivity (Wildman–Crippen MR) is 81.9 cm³/mol. The predicted octanol–water partition coefficient (Wildman–Crippen LogP) is 3.50. The minimum Gasteiger partial charge on any atom is -0.478 e. The molecule has 21 heavy (non-hydrogen) atoms. The number of nitrogens with zero attached hydrogens (tertiary/aromatic N) is 2. The summed E-state index contributed by atoms with van der Waals surface area (Å²) >= 11 is 0. The van der Waals surface area contributed by atoms with Crippen molar-refractivity contribution in [3.05, 3.63) is 71.7 Å². The Morgan fingerprint density at radius 1 is 1.10 bits per heavy atom. The summed E-state index contributed by atoms with van der Waals surface area (Å²) < 4.78 is 0. The molecule has 102 valence electrons. The summed E-state index contributed by atoms with van der Waals surface area (Å²) in [5, 5.41) is 9.79.